The lowest BCUT2D eigenvalue weighted by atomic mass is 9.85. The van der Waals surface area contributed by atoms with Crippen LogP contribution in [-0.4, -0.2) is 47.0 Å². The molecule has 92 heavy (non-hydrogen) atoms. The zero-order valence-corrected chi connectivity index (χ0v) is 49.9. The van der Waals surface area contributed by atoms with Crippen molar-refractivity contribution in [2.75, 3.05) is 0 Å². The van der Waals surface area contributed by atoms with Crippen molar-refractivity contribution in [2.24, 2.45) is 0 Å². The van der Waals surface area contributed by atoms with Crippen LogP contribution in [0.1, 0.15) is 84.6 Å². The number of Topliss-reactive ketones (excluding diaryl/α,β-unsaturated/α-hetero) is 4. The van der Waals surface area contributed by atoms with E-state index in [1.807, 2.05) is 48.5 Å². The fraction of sp³-hybridized carbons (Fsp3) is 0.0789. The molecule has 0 unspecified atom stereocenters. The van der Waals surface area contributed by atoms with Gasteiger partial charge in [0, 0.05) is 64.0 Å². The largest absolute Gasteiger partial charge is 0.459 e. The van der Waals surface area contributed by atoms with E-state index in [4.69, 9.17) is 28.4 Å². The van der Waals surface area contributed by atoms with Crippen LogP contribution in [-0.2, 0) is 75.8 Å². The van der Waals surface area contributed by atoms with E-state index >= 15 is 19.2 Å². The second kappa shape index (κ2) is 22.8. The van der Waals surface area contributed by atoms with Crippen molar-refractivity contribution in [2.45, 2.75) is 37.6 Å². The number of ketones is 4. The average Bonchev–Trinajstić information content (AvgIpc) is 1.32. The van der Waals surface area contributed by atoms with Gasteiger partial charge in [-0.3, -0.25) is 19.2 Å². The topological polar surface area (TPSA) is 192 Å². The van der Waals surface area contributed by atoms with Crippen LogP contribution in [0, 0.1) is 0 Å². The smallest absolute Gasteiger partial charge is 0.367 e. The van der Waals surface area contributed by atoms with Crippen LogP contribution in [0.5, 0.6) is 11.5 Å². The molecule has 2 aromatic heterocycles. The molecule has 2 aliphatic heterocycles. The number of esters is 4. The van der Waals surface area contributed by atoms with Crippen LogP contribution in [0.3, 0.4) is 0 Å². The number of hydrogen-bond acceptors (Lipinski definition) is 16. The summed E-state index contributed by atoms with van der Waals surface area (Å²) in [6.45, 7) is -1.22. The van der Waals surface area contributed by atoms with Gasteiger partial charge in [-0.25, -0.2) is 19.2 Å². The van der Waals surface area contributed by atoms with Crippen molar-refractivity contribution in [1.82, 2.24) is 0 Å². The first-order valence-electron chi connectivity index (χ1n) is 29.2. The maximum atomic E-state index is 15.5. The normalized spacial score (nSPS) is 14.4. The summed E-state index contributed by atoms with van der Waals surface area (Å²) in [4.78, 5) is 121. The van der Waals surface area contributed by atoms with Crippen LogP contribution in [0.4, 0.5) is 0 Å². The number of hydrogen-bond donors (Lipinski definition) is 0. The molecule has 4 heterocycles. The van der Waals surface area contributed by atoms with E-state index < -0.39 is 58.2 Å². The Kier molecular flexibility index (Phi) is 14.2. The Bertz CT molecular complexity index is 4500. The molecule has 0 atom stereocenters. The number of carbonyl (C=O) groups is 8. The first kappa shape index (κ1) is 57.0. The number of rotatable bonds is 14. The van der Waals surface area contributed by atoms with Crippen LogP contribution >= 0.6 is 22.7 Å². The van der Waals surface area contributed by atoms with Gasteiger partial charge in [-0.1, -0.05) is 170 Å². The maximum absolute atomic E-state index is 15.5. The Morgan fingerprint density at radius 2 is 0.598 bits per heavy atom. The van der Waals surface area contributed by atoms with Crippen LogP contribution in [0.15, 0.2) is 230 Å². The number of allylic oxidation sites excluding steroid dienone is 2. The monoisotopic (exact) mass is 1250 g/mol. The number of carbonyl (C=O) groups excluding carboxylic acids is 8. The quantitative estimate of drug-likeness (QED) is 0.0328. The maximum Gasteiger partial charge on any atom is 0.367 e. The molecule has 446 valence electrons. The molecule has 11 aromatic rings. The molecule has 14 nitrogen and oxygen atoms in total. The third kappa shape index (κ3) is 9.71. The number of benzene rings is 9. The summed E-state index contributed by atoms with van der Waals surface area (Å²) in [5, 5.41) is 3.03. The number of thiophene rings is 2. The highest BCUT2D eigenvalue weighted by Gasteiger charge is 2.61. The fourth-order valence-corrected chi connectivity index (χ4v) is 14.4. The summed E-state index contributed by atoms with van der Waals surface area (Å²) in [7, 11) is 0. The van der Waals surface area contributed by atoms with E-state index in [1.54, 1.807) is 146 Å². The molecule has 0 N–H and O–H groups in total. The Balaban J connectivity index is 0.924. The Labute approximate surface area is 532 Å². The molecule has 0 bridgehead atoms. The third-order valence-corrected chi connectivity index (χ3v) is 18.9. The van der Waals surface area contributed by atoms with Crippen molar-refractivity contribution >= 4 is 103 Å². The van der Waals surface area contributed by atoms with Gasteiger partial charge in [0.2, 0.25) is 0 Å². The highest BCUT2D eigenvalue weighted by molar-refractivity contribution is 7.17. The fourth-order valence-electron chi connectivity index (χ4n) is 12.0. The summed E-state index contributed by atoms with van der Waals surface area (Å²) in [5.41, 5.74) is -2.50. The standard InChI is InChI=1S/C76H46O14S2/c77-65-53-29-47-25-13-14-26-48(47)30-54(53)66(78)59(65)33-51-35-61-69(91-51)57-38-64-58(37-63(57)89-75(61,71(81)85-39-43-17-5-1-6-18-43)72(82)86-40-44-19-7-2-8-20-44)70-62(36-52(92-70)34-60-67(79)55-31-49-27-15-16-28-50(49)32-56(55)68(60)80)76(90-64,73(83)87-41-45-21-9-3-10-22-45)74(84)88-42-46-23-11-4-12-24-46/h1-38H,39-42H2. The molecule has 2 aliphatic carbocycles. The Morgan fingerprint density at radius 3 is 0.870 bits per heavy atom. The SMILES string of the molecule is O=C1C(=Cc2cc3c(s2)-c2cc4c(cc2OC3(C(=O)OCc2ccccc2)C(=O)OCc2ccccc2)-c2sc(C=C3C(=O)c5cc6ccccc6cc5C3=O)cc2C(C(=O)OCc2ccccc2)(C(=O)OCc2ccccc2)O4)C(=O)c2cc3ccccc3cc21. The van der Waals surface area contributed by atoms with Gasteiger partial charge in [0.05, 0.1) is 11.1 Å². The predicted molar refractivity (Wildman–Crippen MR) is 344 cm³/mol. The van der Waals surface area contributed by atoms with Gasteiger partial charge in [-0.2, -0.15) is 0 Å². The van der Waals surface area contributed by atoms with E-state index in [1.165, 1.54) is 36.4 Å². The minimum absolute atomic E-state index is 0.0869. The molecule has 0 radical (unpaired) electrons. The zero-order chi connectivity index (χ0) is 62.8. The molecular weight excluding hydrogens is 1200 g/mol. The van der Waals surface area contributed by atoms with Crippen molar-refractivity contribution in [3.63, 3.8) is 0 Å². The van der Waals surface area contributed by atoms with Crippen LogP contribution < -0.4 is 9.47 Å². The minimum atomic E-state index is -2.75. The summed E-state index contributed by atoms with van der Waals surface area (Å²) in [6, 6.07) is 62.6. The first-order chi connectivity index (χ1) is 44.8. The third-order valence-electron chi connectivity index (χ3n) is 16.7. The van der Waals surface area contributed by atoms with Gasteiger partial charge in [-0.15, -0.1) is 22.7 Å². The van der Waals surface area contributed by atoms with Gasteiger partial charge in [-0.05, 0) is 104 Å². The molecule has 4 aliphatic rings. The van der Waals surface area contributed by atoms with E-state index in [0.29, 0.717) is 22.3 Å². The van der Waals surface area contributed by atoms with Gasteiger partial charge in [0.15, 0.2) is 23.1 Å². The number of ether oxygens (including phenoxy) is 6. The van der Waals surface area contributed by atoms with E-state index in [9.17, 15) is 19.2 Å². The second-order valence-corrected chi connectivity index (χ2v) is 24.5. The summed E-state index contributed by atoms with van der Waals surface area (Å²) in [6.07, 6.45) is 2.82. The lowest BCUT2D eigenvalue weighted by molar-refractivity contribution is -0.185. The van der Waals surface area contributed by atoms with E-state index in [0.717, 1.165) is 44.2 Å². The molecule has 16 heteroatoms. The van der Waals surface area contributed by atoms with Crippen molar-refractivity contribution in [3.05, 3.63) is 295 Å². The van der Waals surface area contributed by atoms with Crippen molar-refractivity contribution < 1.29 is 66.8 Å². The lowest BCUT2D eigenvalue weighted by Gasteiger charge is -2.37. The summed E-state index contributed by atoms with van der Waals surface area (Å²) < 4.78 is 38.3. The van der Waals surface area contributed by atoms with Crippen molar-refractivity contribution in [1.29, 1.82) is 0 Å². The number of fused-ring (bicyclic) bond motifs is 10. The molecule has 0 fully saturated rings. The average molecular weight is 1250 g/mol. The van der Waals surface area contributed by atoms with Gasteiger partial charge >= 0.3 is 35.1 Å². The van der Waals surface area contributed by atoms with Gasteiger partial charge in [0.1, 0.15) is 37.9 Å². The molecule has 15 rings (SSSR count). The van der Waals surface area contributed by atoms with Gasteiger partial charge < -0.3 is 28.4 Å². The Hall–Kier alpha value is -11.5. The van der Waals surface area contributed by atoms with E-state index in [2.05, 4.69) is 0 Å². The predicted octanol–water partition coefficient (Wildman–Crippen LogP) is 14.5. The van der Waals surface area contributed by atoms with Gasteiger partial charge in [0.25, 0.3) is 0 Å². The zero-order valence-electron chi connectivity index (χ0n) is 48.3. The first-order valence-corrected chi connectivity index (χ1v) is 30.9. The highest BCUT2D eigenvalue weighted by Crippen LogP contribution is 2.58. The van der Waals surface area contributed by atoms with E-state index in [-0.39, 0.29) is 113 Å². The lowest BCUT2D eigenvalue weighted by Crippen LogP contribution is -2.52. The summed E-state index contributed by atoms with van der Waals surface area (Å²) in [5.74, 6) is -7.02. The minimum Gasteiger partial charge on any atom is -0.459 e. The highest BCUT2D eigenvalue weighted by atomic mass is 32.1. The van der Waals surface area contributed by atoms with Crippen molar-refractivity contribution in [3.8, 4) is 32.4 Å². The molecule has 0 saturated carbocycles. The molecule has 0 saturated heterocycles. The second-order valence-electron chi connectivity index (χ2n) is 22.4. The van der Waals surface area contributed by atoms with Crippen LogP contribution in [0.2, 0.25) is 0 Å². The molecule has 9 aromatic carbocycles. The van der Waals surface area contributed by atoms with Crippen LogP contribution in [0.25, 0.3) is 54.6 Å². The Morgan fingerprint density at radius 1 is 0.337 bits per heavy atom. The molecule has 0 amide bonds. The molecular formula is C76H46O14S2. The summed E-state index contributed by atoms with van der Waals surface area (Å²) >= 11 is 2.02. The molecule has 0 spiro atoms.